The van der Waals surface area contributed by atoms with Crippen LogP contribution in [0.3, 0.4) is 0 Å². The molecule has 0 spiro atoms. The molecule has 0 aliphatic carbocycles. The van der Waals surface area contributed by atoms with E-state index in [2.05, 4.69) is 0 Å². The lowest BCUT2D eigenvalue weighted by Gasteiger charge is -2.30. The molecule has 0 atom stereocenters. The Morgan fingerprint density at radius 1 is 1.44 bits per heavy atom. The summed E-state index contributed by atoms with van der Waals surface area (Å²) in [5, 5.41) is 0. The van der Waals surface area contributed by atoms with Gasteiger partial charge >= 0.3 is 0 Å². The predicted molar refractivity (Wildman–Crippen MR) is 32.9 cm³/mol. The second-order valence-corrected chi connectivity index (χ2v) is 2.61. The topological polar surface area (TPSA) is 35.2 Å². The smallest absolute Gasteiger partial charge is 0.108 e. The van der Waals surface area contributed by atoms with Gasteiger partial charge in [-0.25, -0.2) is 4.39 Å². The zero-order chi connectivity index (χ0) is 6.74. The molecule has 3 heteroatoms. The molecule has 0 unspecified atom stereocenters. The van der Waals surface area contributed by atoms with E-state index in [-0.39, 0.29) is 0 Å². The van der Waals surface area contributed by atoms with Crippen LogP contribution in [-0.2, 0) is 4.74 Å². The minimum atomic E-state index is -0.571. The fraction of sp³-hybridized carbons (Fsp3) is 1.00. The third-order valence-corrected chi connectivity index (χ3v) is 1.75. The minimum absolute atomic E-state index is 0.420. The zero-order valence-electron chi connectivity index (χ0n) is 5.40. The van der Waals surface area contributed by atoms with Crippen molar-refractivity contribution in [3.8, 4) is 0 Å². The van der Waals surface area contributed by atoms with Crippen molar-refractivity contribution >= 4 is 0 Å². The van der Waals surface area contributed by atoms with Crippen LogP contribution in [0.4, 0.5) is 4.39 Å². The van der Waals surface area contributed by atoms with Gasteiger partial charge in [0.25, 0.3) is 0 Å². The number of rotatable bonds is 1. The predicted octanol–water partition coefficient (Wildman–Crippen LogP) is 0.464. The van der Waals surface area contributed by atoms with E-state index in [1.807, 2.05) is 0 Å². The molecule has 1 aliphatic heterocycles. The van der Waals surface area contributed by atoms with Crippen molar-refractivity contribution in [2.24, 2.45) is 5.73 Å². The number of hydrogen-bond donors (Lipinski definition) is 1. The van der Waals surface area contributed by atoms with Crippen molar-refractivity contribution < 1.29 is 9.13 Å². The highest BCUT2D eigenvalue weighted by Gasteiger charge is 2.27. The average molecular weight is 133 g/mol. The molecule has 9 heavy (non-hydrogen) atoms. The molecular formula is C6H12FNO. The molecule has 0 amide bonds. The molecule has 0 radical (unpaired) electrons. The van der Waals surface area contributed by atoms with Crippen LogP contribution in [0.25, 0.3) is 0 Å². The lowest BCUT2D eigenvalue weighted by atomic mass is 9.93. The molecule has 0 aromatic rings. The first-order chi connectivity index (χ1) is 4.27. The molecule has 1 saturated heterocycles. The summed E-state index contributed by atoms with van der Waals surface area (Å²) >= 11 is 0. The van der Waals surface area contributed by atoms with Crippen molar-refractivity contribution in [3.63, 3.8) is 0 Å². The molecule has 1 heterocycles. The second kappa shape index (κ2) is 2.62. The highest BCUT2D eigenvalue weighted by molar-refractivity contribution is 4.85. The Labute approximate surface area is 54.2 Å². The molecule has 1 fully saturated rings. The number of alkyl halides is 1. The third kappa shape index (κ3) is 1.63. The highest BCUT2D eigenvalue weighted by Crippen LogP contribution is 2.17. The van der Waals surface area contributed by atoms with Gasteiger partial charge in [0.05, 0.1) is 0 Å². The van der Waals surface area contributed by atoms with E-state index < -0.39 is 12.2 Å². The van der Waals surface area contributed by atoms with E-state index in [0.29, 0.717) is 26.1 Å². The summed E-state index contributed by atoms with van der Waals surface area (Å²) < 4.78 is 17.1. The Hall–Kier alpha value is -0.150. The van der Waals surface area contributed by atoms with Crippen LogP contribution in [-0.4, -0.2) is 25.4 Å². The number of ether oxygens (including phenoxy) is 1. The van der Waals surface area contributed by atoms with Gasteiger partial charge in [0, 0.05) is 18.8 Å². The van der Waals surface area contributed by atoms with Gasteiger partial charge in [0.1, 0.15) is 6.67 Å². The SMILES string of the molecule is NC1(CF)CCOCC1. The van der Waals surface area contributed by atoms with Gasteiger partial charge in [-0.3, -0.25) is 0 Å². The van der Waals surface area contributed by atoms with E-state index in [0.717, 1.165) is 0 Å². The van der Waals surface area contributed by atoms with Crippen molar-refractivity contribution in [2.75, 3.05) is 19.9 Å². The lowest BCUT2D eigenvalue weighted by molar-refractivity contribution is 0.0439. The third-order valence-electron chi connectivity index (χ3n) is 1.75. The molecule has 1 aliphatic rings. The number of halogens is 1. The van der Waals surface area contributed by atoms with Crippen molar-refractivity contribution in [1.82, 2.24) is 0 Å². The van der Waals surface area contributed by atoms with Crippen LogP contribution in [0.2, 0.25) is 0 Å². The van der Waals surface area contributed by atoms with Crippen molar-refractivity contribution in [1.29, 1.82) is 0 Å². The van der Waals surface area contributed by atoms with E-state index in [9.17, 15) is 4.39 Å². The van der Waals surface area contributed by atoms with Gasteiger partial charge in [-0.05, 0) is 12.8 Å². The maximum Gasteiger partial charge on any atom is 0.108 e. The largest absolute Gasteiger partial charge is 0.381 e. The second-order valence-electron chi connectivity index (χ2n) is 2.61. The van der Waals surface area contributed by atoms with Gasteiger partial charge in [0.15, 0.2) is 0 Å². The summed E-state index contributed by atoms with van der Waals surface area (Å²) in [6.45, 7) is 0.803. The number of hydrogen-bond acceptors (Lipinski definition) is 2. The van der Waals surface area contributed by atoms with E-state index in [1.54, 1.807) is 0 Å². The Balaban J connectivity index is 2.37. The summed E-state index contributed by atoms with van der Waals surface area (Å²) in [6.07, 6.45) is 1.31. The van der Waals surface area contributed by atoms with Gasteiger partial charge in [-0.15, -0.1) is 0 Å². The fourth-order valence-electron chi connectivity index (χ4n) is 0.912. The van der Waals surface area contributed by atoms with Gasteiger partial charge in [-0.1, -0.05) is 0 Å². The molecule has 2 nitrogen and oxygen atoms in total. The first-order valence-electron chi connectivity index (χ1n) is 3.19. The first kappa shape index (κ1) is 6.96. The molecule has 0 aromatic carbocycles. The maximum atomic E-state index is 12.1. The molecule has 0 saturated carbocycles. The summed E-state index contributed by atoms with van der Waals surface area (Å²) in [7, 11) is 0. The Morgan fingerprint density at radius 3 is 2.33 bits per heavy atom. The fourth-order valence-corrected chi connectivity index (χ4v) is 0.912. The van der Waals surface area contributed by atoms with Crippen LogP contribution >= 0.6 is 0 Å². The van der Waals surface area contributed by atoms with Crippen LogP contribution < -0.4 is 5.73 Å². The summed E-state index contributed by atoms with van der Waals surface area (Å²) in [5.74, 6) is 0. The summed E-state index contributed by atoms with van der Waals surface area (Å²) in [6, 6.07) is 0. The highest BCUT2D eigenvalue weighted by atomic mass is 19.1. The molecular weight excluding hydrogens is 121 g/mol. The Kier molecular flexibility index (Phi) is 2.03. The van der Waals surface area contributed by atoms with E-state index in [4.69, 9.17) is 10.5 Å². The Morgan fingerprint density at radius 2 is 2.00 bits per heavy atom. The standard InChI is InChI=1S/C6H12FNO/c7-5-6(8)1-3-9-4-2-6/h1-5,8H2. The van der Waals surface area contributed by atoms with Crippen LogP contribution in [0.1, 0.15) is 12.8 Å². The monoisotopic (exact) mass is 133 g/mol. The normalized spacial score (nSPS) is 26.0. The van der Waals surface area contributed by atoms with Crippen LogP contribution in [0.5, 0.6) is 0 Å². The van der Waals surface area contributed by atoms with Crippen molar-refractivity contribution in [2.45, 2.75) is 18.4 Å². The Bertz CT molecular complexity index is 91.1. The maximum absolute atomic E-state index is 12.1. The van der Waals surface area contributed by atoms with E-state index in [1.165, 1.54) is 0 Å². The lowest BCUT2D eigenvalue weighted by Crippen LogP contribution is -2.46. The average Bonchev–Trinajstić information content (AvgIpc) is 1.90. The minimum Gasteiger partial charge on any atom is -0.381 e. The molecule has 54 valence electrons. The molecule has 0 bridgehead atoms. The molecule has 2 N–H and O–H groups in total. The molecule has 0 aromatic heterocycles. The van der Waals surface area contributed by atoms with E-state index >= 15 is 0 Å². The molecule has 1 rings (SSSR count). The van der Waals surface area contributed by atoms with Gasteiger partial charge in [0.2, 0.25) is 0 Å². The van der Waals surface area contributed by atoms with Crippen LogP contribution in [0.15, 0.2) is 0 Å². The van der Waals surface area contributed by atoms with Crippen LogP contribution in [0, 0.1) is 0 Å². The quantitative estimate of drug-likeness (QED) is 0.564. The summed E-state index contributed by atoms with van der Waals surface area (Å²) in [5.41, 5.74) is 5.03. The number of nitrogens with two attached hydrogens (primary N) is 1. The van der Waals surface area contributed by atoms with Crippen molar-refractivity contribution in [3.05, 3.63) is 0 Å². The zero-order valence-corrected chi connectivity index (χ0v) is 5.40. The first-order valence-corrected chi connectivity index (χ1v) is 3.19. The van der Waals surface area contributed by atoms with Gasteiger partial charge < -0.3 is 10.5 Å². The summed E-state index contributed by atoms with van der Waals surface area (Å²) in [4.78, 5) is 0. The van der Waals surface area contributed by atoms with Gasteiger partial charge in [-0.2, -0.15) is 0 Å².